The number of hydrogen-bond acceptors (Lipinski definition) is 5. The van der Waals surface area contributed by atoms with Crippen molar-refractivity contribution >= 4 is 23.2 Å². The summed E-state index contributed by atoms with van der Waals surface area (Å²) >= 11 is 1.41. The van der Waals surface area contributed by atoms with Crippen molar-refractivity contribution < 1.29 is 14.3 Å². The standard InChI is InChI=1S/C27H31N3O3S/c1-17-8-10-20(11-9-17)26(31)29-22-6-4-5-7-23(22)30-27(32)24-16-34-25(28-24)15-33-21-13-18(2)12-19(3)14-21/h8-14,16,22-23H,4-7,15H2,1-3H3,(H,29,31)(H,30,32). The van der Waals surface area contributed by atoms with Crippen molar-refractivity contribution in [2.75, 3.05) is 0 Å². The van der Waals surface area contributed by atoms with E-state index in [1.165, 1.54) is 11.3 Å². The summed E-state index contributed by atoms with van der Waals surface area (Å²) in [4.78, 5) is 30.1. The van der Waals surface area contributed by atoms with Gasteiger partial charge in [-0.3, -0.25) is 9.59 Å². The summed E-state index contributed by atoms with van der Waals surface area (Å²) in [5.41, 5.74) is 4.42. The van der Waals surface area contributed by atoms with Crippen LogP contribution in [0.3, 0.4) is 0 Å². The van der Waals surface area contributed by atoms with Gasteiger partial charge < -0.3 is 15.4 Å². The number of nitrogens with zero attached hydrogens (tertiary/aromatic N) is 1. The van der Waals surface area contributed by atoms with Gasteiger partial charge in [0.1, 0.15) is 23.1 Å². The van der Waals surface area contributed by atoms with E-state index in [2.05, 4.69) is 21.7 Å². The van der Waals surface area contributed by atoms with Crippen LogP contribution < -0.4 is 15.4 Å². The van der Waals surface area contributed by atoms with Gasteiger partial charge in [-0.25, -0.2) is 4.98 Å². The molecule has 2 N–H and O–H groups in total. The maximum atomic E-state index is 12.9. The van der Waals surface area contributed by atoms with Crippen LogP contribution in [0, 0.1) is 20.8 Å². The summed E-state index contributed by atoms with van der Waals surface area (Å²) in [6.45, 7) is 6.38. The van der Waals surface area contributed by atoms with Crippen molar-refractivity contribution in [2.24, 2.45) is 0 Å². The number of carbonyl (C=O) groups excluding carboxylic acids is 2. The molecule has 178 valence electrons. The first-order valence-electron chi connectivity index (χ1n) is 11.7. The molecule has 1 aromatic heterocycles. The minimum Gasteiger partial charge on any atom is -0.486 e. The van der Waals surface area contributed by atoms with Gasteiger partial charge in [0.05, 0.1) is 0 Å². The molecule has 1 aliphatic rings. The number of nitrogens with one attached hydrogen (secondary N) is 2. The lowest BCUT2D eigenvalue weighted by atomic mass is 9.90. The molecule has 2 atom stereocenters. The van der Waals surface area contributed by atoms with Crippen molar-refractivity contribution in [3.8, 4) is 5.75 Å². The van der Waals surface area contributed by atoms with Crippen LogP contribution in [-0.4, -0.2) is 28.9 Å². The highest BCUT2D eigenvalue weighted by Crippen LogP contribution is 2.21. The van der Waals surface area contributed by atoms with E-state index in [9.17, 15) is 9.59 Å². The maximum absolute atomic E-state index is 12.9. The zero-order valence-electron chi connectivity index (χ0n) is 19.9. The van der Waals surface area contributed by atoms with Gasteiger partial charge in [0.15, 0.2) is 0 Å². The molecule has 2 amide bonds. The molecule has 6 nitrogen and oxygen atoms in total. The zero-order valence-corrected chi connectivity index (χ0v) is 20.7. The second-order valence-electron chi connectivity index (χ2n) is 9.05. The third kappa shape index (κ3) is 6.23. The van der Waals surface area contributed by atoms with Crippen molar-refractivity contribution in [1.29, 1.82) is 0 Å². The van der Waals surface area contributed by atoms with Crippen molar-refractivity contribution in [2.45, 2.75) is 65.1 Å². The van der Waals surface area contributed by atoms with Crippen LogP contribution in [0.25, 0.3) is 0 Å². The number of aryl methyl sites for hydroxylation is 3. The monoisotopic (exact) mass is 477 g/mol. The Balaban J connectivity index is 1.34. The van der Waals surface area contributed by atoms with E-state index in [-0.39, 0.29) is 23.9 Å². The summed E-state index contributed by atoms with van der Waals surface area (Å²) < 4.78 is 5.88. The Hall–Kier alpha value is -3.19. The van der Waals surface area contributed by atoms with Crippen molar-refractivity contribution in [3.05, 3.63) is 80.8 Å². The molecular formula is C27H31N3O3S. The van der Waals surface area contributed by atoms with E-state index in [0.29, 0.717) is 17.9 Å². The predicted octanol–water partition coefficient (Wildman–Crippen LogP) is 5.12. The molecule has 34 heavy (non-hydrogen) atoms. The molecule has 3 aromatic rings. The quantitative estimate of drug-likeness (QED) is 0.495. The van der Waals surface area contributed by atoms with Crippen molar-refractivity contribution in [1.82, 2.24) is 15.6 Å². The van der Waals surface area contributed by atoms with Crippen LogP contribution in [0.5, 0.6) is 5.75 Å². The molecule has 2 aromatic carbocycles. The minimum absolute atomic E-state index is 0.0995. The Labute approximate surface area is 204 Å². The van der Waals surface area contributed by atoms with E-state index in [0.717, 1.165) is 53.1 Å². The van der Waals surface area contributed by atoms with Gasteiger partial charge in [-0.2, -0.15) is 0 Å². The van der Waals surface area contributed by atoms with Crippen LogP contribution in [0.4, 0.5) is 0 Å². The Kier molecular flexibility index (Phi) is 7.63. The Morgan fingerprint density at radius 1 is 0.912 bits per heavy atom. The molecule has 4 rings (SSSR count). The Bertz CT molecular complexity index is 1140. The van der Waals surface area contributed by atoms with E-state index in [1.54, 1.807) is 5.38 Å². The Morgan fingerprint density at radius 2 is 1.53 bits per heavy atom. The van der Waals surface area contributed by atoms with Gasteiger partial charge in [-0.15, -0.1) is 11.3 Å². The maximum Gasteiger partial charge on any atom is 0.271 e. The summed E-state index contributed by atoms with van der Waals surface area (Å²) in [5, 5.41) is 8.74. The highest BCUT2D eigenvalue weighted by molar-refractivity contribution is 7.09. The van der Waals surface area contributed by atoms with Gasteiger partial charge in [-0.1, -0.05) is 36.6 Å². The number of carbonyl (C=O) groups is 2. The molecule has 0 radical (unpaired) electrons. The number of benzene rings is 2. The lowest BCUT2D eigenvalue weighted by molar-refractivity contribution is 0.0860. The number of rotatable bonds is 7. The van der Waals surface area contributed by atoms with E-state index >= 15 is 0 Å². The third-order valence-corrected chi connectivity index (χ3v) is 6.88. The minimum atomic E-state index is -0.213. The van der Waals surface area contributed by atoms with Gasteiger partial charge in [0.2, 0.25) is 0 Å². The second kappa shape index (κ2) is 10.8. The molecule has 0 spiro atoms. The molecule has 0 aliphatic heterocycles. The summed E-state index contributed by atoms with van der Waals surface area (Å²) in [7, 11) is 0. The molecule has 1 fully saturated rings. The molecule has 7 heteroatoms. The number of amides is 2. The van der Waals surface area contributed by atoms with E-state index in [1.807, 2.05) is 57.2 Å². The average molecular weight is 478 g/mol. The van der Waals surface area contributed by atoms with Crippen molar-refractivity contribution in [3.63, 3.8) is 0 Å². The van der Waals surface area contributed by atoms with E-state index < -0.39 is 0 Å². The topological polar surface area (TPSA) is 80.3 Å². The fraction of sp³-hybridized carbons (Fsp3) is 0.370. The van der Waals surface area contributed by atoms with Crippen LogP contribution in [0.15, 0.2) is 47.8 Å². The van der Waals surface area contributed by atoms with Gasteiger partial charge in [0, 0.05) is 23.0 Å². The first kappa shape index (κ1) is 24.0. The fourth-order valence-electron chi connectivity index (χ4n) is 4.32. The number of aromatic nitrogens is 1. The van der Waals surface area contributed by atoms with E-state index in [4.69, 9.17) is 4.74 Å². The summed E-state index contributed by atoms with van der Waals surface area (Å²) in [6.07, 6.45) is 3.72. The molecule has 1 saturated carbocycles. The molecule has 1 aliphatic carbocycles. The predicted molar refractivity (Wildman–Crippen MR) is 135 cm³/mol. The number of ether oxygens (including phenoxy) is 1. The number of hydrogen-bond donors (Lipinski definition) is 2. The SMILES string of the molecule is Cc1ccc(C(=O)NC2CCCCC2NC(=O)c2csc(COc3cc(C)cc(C)c3)n2)cc1. The molecule has 2 unspecified atom stereocenters. The molecule has 0 saturated heterocycles. The average Bonchev–Trinajstić information content (AvgIpc) is 3.28. The van der Waals surface area contributed by atoms with Crippen LogP contribution in [-0.2, 0) is 6.61 Å². The highest BCUT2D eigenvalue weighted by Gasteiger charge is 2.29. The van der Waals surface area contributed by atoms with Gasteiger partial charge >= 0.3 is 0 Å². The molecular weight excluding hydrogens is 446 g/mol. The Morgan fingerprint density at radius 3 is 2.18 bits per heavy atom. The fourth-order valence-corrected chi connectivity index (χ4v) is 5.00. The first-order valence-corrected chi connectivity index (χ1v) is 12.6. The molecule has 0 bridgehead atoms. The second-order valence-corrected chi connectivity index (χ2v) is 9.99. The smallest absolute Gasteiger partial charge is 0.271 e. The molecule has 1 heterocycles. The van der Waals surface area contributed by atoms with Gasteiger partial charge in [0.25, 0.3) is 11.8 Å². The normalized spacial score (nSPS) is 17.7. The van der Waals surface area contributed by atoms with Gasteiger partial charge in [-0.05, 0) is 69.0 Å². The summed E-state index contributed by atoms with van der Waals surface area (Å²) in [5.74, 6) is 0.481. The third-order valence-electron chi connectivity index (χ3n) is 6.05. The number of thiazole rings is 1. The lowest BCUT2D eigenvalue weighted by Crippen LogP contribution is -2.53. The highest BCUT2D eigenvalue weighted by atomic mass is 32.1. The summed E-state index contributed by atoms with van der Waals surface area (Å²) in [6, 6.07) is 13.4. The van der Waals surface area contributed by atoms with Crippen LogP contribution in [0.1, 0.15) is 68.2 Å². The largest absolute Gasteiger partial charge is 0.486 e. The van der Waals surface area contributed by atoms with Crippen LogP contribution in [0.2, 0.25) is 0 Å². The lowest BCUT2D eigenvalue weighted by Gasteiger charge is -2.32. The zero-order chi connectivity index (χ0) is 24.1. The first-order chi connectivity index (χ1) is 16.4. The van der Waals surface area contributed by atoms with Crippen LogP contribution >= 0.6 is 11.3 Å².